The number of aromatic nitrogens is 2. The summed E-state index contributed by atoms with van der Waals surface area (Å²) >= 11 is 0. The summed E-state index contributed by atoms with van der Waals surface area (Å²) in [7, 11) is 0. The van der Waals surface area contributed by atoms with Crippen molar-refractivity contribution in [2.45, 2.75) is 0 Å². The average Bonchev–Trinajstić information content (AvgIpc) is 2.41. The van der Waals surface area contributed by atoms with Crippen LogP contribution in [0, 0.1) is 0 Å². The topological polar surface area (TPSA) is 120 Å². The van der Waals surface area contributed by atoms with Gasteiger partial charge in [0.05, 0.1) is 18.1 Å². The average molecular weight is 245 g/mol. The van der Waals surface area contributed by atoms with E-state index in [0.717, 1.165) is 0 Å². The lowest BCUT2D eigenvalue weighted by Crippen LogP contribution is -2.15. The summed E-state index contributed by atoms with van der Waals surface area (Å²) in [5.74, 6) is 0.523. The second kappa shape index (κ2) is 5.00. The maximum absolute atomic E-state index is 8.55. The summed E-state index contributed by atoms with van der Waals surface area (Å²) < 4.78 is 5.45. The smallest absolute Gasteiger partial charge is 0.238 e. The maximum atomic E-state index is 8.55. The van der Waals surface area contributed by atoms with Crippen molar-refractivity contribution in [3.63, 3.8) is 0 Å². The van der Waals surface area contributed by atoms with Gasteiger partial charge in [-0.3, -0.25) is 4.98 Å². The number of nitrogen functional groups attached to an aromatic ring is 1. The first-order valence-electron chi connectivity index (χ1n) is 5.03. The highest BCUT2D eigenvalue weighted by Gasteiger charge is 2.06. The molecule has 0 spiro atoms. The standard InChI is InChI=1S/C11H11N5O2/c12-7-3-1-2-4-9(7)18-10-6-14-5-8(15-10)11(13)16-17/h1-6,17H,12H2,(H2,13,16). The molecule has 0 atom stereocenters. The van der Waals surface area contributed by atoms with Crippen LogP contribution in [0.25, 0.3) is 0 Å². The van der Waals surface area contributed by atoms with E-state index in [1.807, 2.05) is 0 Å². The van der Waals surface area contributed by atoms with E-state index in [0.29, 0.717) is 11.4 Å². The van der Waals surface area contributed by atoms with E-state index in [1.54, 1.807) is 24.3 Å². The number of anilines is 1. The third-order valence-electron chi connectivity index (χ3n) is 2.12. The lowest BCUT2D eigenvalue weighted by atomic mass is 10.3. The lowest BCUT2D eigenvalue weighted by Gasteiger charge is -2.07. The number of nitrogens with two attached hydrogens (primary N) is 2. The maximum Gasteiger partial charge on any atom is 0.238 e. The van der Waals surface area contributed by atoms with Crippen molar-refractivity contribution in [2.75, 3.05) is 5.73 Å². The summed E-state index contributed by atoms with van der Waals surface area (Å²) in [5.41, 5.74) is 11.8. The number of para-hydroxylation sites is 2. The minimum absolute atomic E-state index is 0.144. The van der Waals surface area contributed by atoms with Crippen molar-refractivity contribution in [3.05, 3.63) is 42.4 Å². The number of hydrogen-bond donors (Lipinski definition) is 3. The number of oxime groups is 1. The molecule has 0 radical (unpaired) electrons. The molecule has 2 rings (SSSR count). The molecule has 7 heteroatoms. The summed E-state index contributed by atoms with van der Waals surface area (Å²) in [6, 6.07) is 6.98. The molecule has 7 nitrogen and oxygen atoms in total. The van der Waals surface area contributed by atoms with Crippen LogP contribution >= 0.6 is 0 Å². The molecule has 0 saturated heterocycles. The third-order valence-corrected chi connectivity index (χ3v) is 2.12. The molecule has 5 N–H and O–H groups in total. The largest absolute Gasteiger partial charge is 0.435 e. The monoisotopic (exact) mass is 245 g/mol. The van der Waals surface area contributed by atoms with Crippen LogP contribution in [0.3, 0.4) is 0 Å². The van der Waals surface area contributed by atoms with Crippen LogP contribution in [0.1, 0.15) is 5.69 Å². The molecule has 0 bridgehead atoms. The van der Waals surface area contributed by atoms with Gasteiger partial charge in [0, 0.05) is 0 Å². The Morgan fingerprint density at radius 2 is 2.06 bits per heavy atom. The fourth-order valence-electron chi connectivity index (χ4n) is 1.26. The van der Waals surface area contributed by atoms with Gasteiger partial charge in [-0.25, -0.2) is 4.98 Å². The Morgan fingerprint density at radius 3 is 2.78 bits per heavy atom. The van der Waals surface area contributed by atoms with Gasteiger partial charge in [-0.2, -0.15) is 0 Å². The summed E-state index contributed by atoms with van der Waals surface area (Å²) in [4.78, 5) is 7.90. The van der Waals surface area contributed by atoms with Crippen LogP contribution in [0.4, 0.5) is 5.69 Å². The van der Waals surface area contributed by atoms with E-state index in [-0.39, 0.29) is 17.4 Å². The summed E-state index contributed by atoms with van der Waals surface area (Å²) in [6.07, 6.45) is 2.76. The number of amidine groups is 1. The van der Waals surface area contributed by atoms with Crippen molar-refractivity contribution >= 4 is 11.5 Å². The number of nitrogens with zero attached hydrogens (tertiary/aromatic N) is 3. The van der Waals surface area contributed by atoms with Gasteiger partial charge < -0.3 is 21.4 Å². The molecule has 0 amide bonds. The molecule has 2 aromatic rings. The number of rotatable bonds is 3. The van der Waals surface area contributed by atoms with Gasteiger partial charge in [0.2, 0.25) is 5.88 Å². The van der Waals surface area contributed by atoms with Crippen molar-refractivity contribution in [2.24, 2.45) is 10.9 Å². The molecular formula is C11H11N5O2. The van der Waals surface area contributed by atoms with Crippen LogP contribution in [0.15, 0.2) is 41.8 Å². The molecule has 92 valence electrons. The molecule has 0 aliphatic heterocycles. The molecule has 1 aromatic carbocycles. The van der Waals surface area contributed by atoms with Crippen LogP contribution < -0.4 is 16.2 Å². The Morgan fingerprint density at radius 1 is 1.28 bits per heavy atom. The predicted molar refractivity (Wildman–Crippen MR) is 65.5 cm³/mol. The molecule has 0 aliphatic rings. The van der Waals surface area contributed by atoms with Crippen molar-refractivity contribution in [3.8, 4) is 11.6 Å². The van der Waals surface area contributed by atoms with E-state index in [2.05, 4.69) is 15.1 Å². The molecule has 0 saturated carbocycles. The summed E-state index contributed by atoms with van der Waals surface area (Å²) in [6.45, 7) is 0. The highest BCUT2D eigenvalue weighted by Crippen LogP contribution is 2.24. The Labute approximate surface area is 103 Å². The fourth-order valence-corrected chi connectivity index (χ4v) is 1.26. The Hall–Kier alpha value is -2.83. The van der Waals surface area contributed by atoms with Gasteiger partial charge >= 0.3 is 0 Å². The van der Waals surface area contributed by atoms with E-state index < -0.39 is 0 Å². The lowest BCUT2D eigenvalue weighted by molar-refractivity contribution is 0.318. The molecule has 1 aromatic heterocycles. The van der Waals surface area contributed by atoms with E-state index in [9.17, 15) is 0 Å². The molecule has 0 aliphatic carbocycles. The number of benzene rings is 1. The van der Waals surface area contributed by atoms with E-state index in [4.69, 9.17) is 21.4 Å². The van der Waals surface area contributed by atoms with Crippen LogP contribution in [0.5, 0.6) is 11.6 Å². The zero-order chi connectivity index (χ0) is 13.0. The highest BCUT2D eigenvalue weighted by molar-refractivity contribution is 5.94. The molecule has 0 fully saturated rings. The minimum atomic E-state index is -0.144. The van der Waals surface area contributed by atoms with Crippen LogP contribution in [0.2, 0.25) is 0 Å². The molecule has 0 unspecified atom stereocenters. The van der Waals surface area contributed by atoms with Crippen molar-refractivity contribution in [1.29, 1.82) is 0 Å². The molecular weight excluding hydrogens is 234 g/mol. The molecule has 18 heavy (non-hydrogen) atoms. The van der Waals surface area contributed by atoms with Gasteiger partial charge in [0.15, 0.2) is 11.6 Å². The minimum Gasteiger partial charge on any atom is -0.435 e. The third kappa shape index (κ3) is 2.46. The predicted octanol–water partition coefficient (Wildman–Crippen LogP) is 0.946. The van der Waals surface area contributed by atoms with Crippen molar-refractivity contribution < 1.29 is 9.94 Å². The van der Waals surface area contributed by atoms with Gasteiger partial charge in [0.1, 0.15) is 5.69 Å². The van der Waals surface area contributed by atoms with E-state index >= 15 is 0 Å². The second-order valence-electron chi connectivity index (χ2n) is 3.37. The van der Waals surface area contributed by atoms with E-state index in [1.165, 1.54) is 12.4 Å². The normalized spacial score (nSPS) is 11.2. The quantitative estimate of drug-likeness (QED) is 0.243. The highest BCUT2D eigenvalue weighted by atomic mass is 16.5. The SMILES string of the molecule is N/C(=N\O)c1cncc(Oc2ccccc2N)n1. The van der Waals surface area contributed by atoms with Crippen LogP contribution in [-0.4, -0.2) is 21.0 Å². The zero-order valence-electron chi connectivity index (χ0n) is 9.32. The first kappa shape index (κ1) is 11.6. The van der Waals surface area contributed by atoms with Gasteiger partial charge in [-0.1, -0.05) is 17.3 Å². The van der Waals surface area contributed by atoms with Crippen molar-refractivity contribution in [1.82, 2.24) is 9.97 Å². The van der Waals surface area contributed by atoms with Gasteiger partial charge in [-0.05, 0) is 12.1 Å². The fraction of sp³-hybridized carbons (Fsp3) is 0. The number of ether oxygens (including phenoxy) is 1. The number of hydrogen-bond acceptors (Lipinski definition) is 6. The second-order valence-corrected chi connectivity index (χ2v) is 3.37. The molecule has 1 heterocycles. The van der Waals surface area contributed by atoms with Gasteiger partial charge in [-0.15, -0.1) is 0 Å². The van der Waals surface area contributed by atoms with Gasteiger partial charge in [0.25, 0.3) is 0 Å². The Bertz CT molecular complexity index is 585. The first-order valence-corrected chi connectivity index (χ1v) is 5.03. The Balaban J connectivity index is 2.28. The summed E-state index contributed by atoms with van der Waals surface area (Å²) in [5, 5.41) is 11.4. The zero-order valence-corrected chi connectivity index (χ0v) is 9.32. The Kier molecular flexibility index (Phi) is 3.24. The van der Waals surface area contributed by atoms with Crippen LogP contribution in [-0.2, 0) is 0 Å². The first-order chi connectivity index (χ1) is 8.70.